The molecule has 2 heterocycles. The van der Waals surface area contributed by atoms with Crippen LogP contribution in [0, 0.1) is 0 Å². The number of anilines is 1. The molecule has 9 nitrogen and oxygen atoms in total. The van der Waals surface area contributed by atoms with Gasteiger partial charge in [0.15, 0.2) is 0 Å². The molecule has 2 aromatic carbocycles. The Hall–Kier alpha value is -3.69. The van der Waals surface area contributed by atoms with Gasteiger partial charge in [0, 0.05) is 37.4 Å². The largest absolute Gasteiger partial charge is 0.391 e. The van der Waals surface area contributed by atoms with Gasteiger partial charge in [-0.15, -0.1) is 10.2 Å². The Labute approximate surface area is 179 Å². The van der Waals surface area contributed by atoms with E-state index >= 15 is 0 Å². The van der Waals surface area contributed by atoms with Crippen LogP contribution in [0.2, 0.25) is 0 Å². The van der Waals surface area contributed by atoms with Crippen molar-refractivity contribution in [3.05, 3.63) is 71.7 Å². The second-order valence-corrected chi connectivity index (χ2v) is 6.89. The van der Waals surface area contributed by atoms with Crippen LogP contribution in [0.5, 0.6) is 0 Å². The van der Waals surface area contributed by atoms with E-state index < -0.39 is 0 Å². The van der Waals surface area contributed by atoms with Crippen LogP contribution in [0.1, 0.15) is 17.0 Å². The van der Waals surface area contributed by atoms with Gasteiger partial charge in [0.25, 0.3) is 0 Å². The van der Waals surface area contributed by atoms with Crippen LogP contribution in [-0.2, 0) is 24.3 Å². The lowest BCUT2D eigenvalue weighted by Gasteiger charge is -2.12. The fraction of sp³-hybridized carbons (Fsp3) is 0.227. The number of rotatable bonds is 9. The maximum atomic E-state index is 9.59. The summed E-state index contributed by atoms with van der Waals surface area (Å²) in [5.41, 5.74) is 4.75. The Morgan fingerprint density at radius 3 is 2.58 bits per heavy atom. The zero-order valence-electron chi connectivity index (χ0n) is 17.1. The smallest absolute Gasteiger partial charge is 0.205 e. The molecule has 0 bridgehead atoms. The van der Waals surface area contributed by atoms with Crippen molar-refractivity contribution in [1.82, 2.24) is 30.6 Å². The minimum absolute atomic E-state index is 0.126. The van der Waals surface area contributed by atoms with Gasteiger partial charge in [-0.2, -0.15) is 5.21 Å². The Morgan fingerprint density at radius 1 is 1.06 bits per heavy atom. The van der Waals surface area contributed by atoms with Crippen molar-refractivity contribution in [3.63, 3.8) is 0 Å². The fourth-order valence-electron chi connectivity index (χ4n) is 3.22. The first-order valence-corrected chi connectivity index (χ1v) is 9.89. The van der Waals surface area contributed by atoms with E-state index in [0.29, 0.717) is 42.6 Å². The normalized spacial score (nSPS) is 10.9. The number of hydrogen-bond acceptors (Lipinski definition) is 8. The number of H-pyrrole nitrogens is 1. The summed E-state index contributed by atoms with van der Waals surface area (Å²) in [6.07, 6.45) is 2.27. The maximum Gasteiger partial charge on any atom is 0.205 e. The van der Waals surface area contributed by atoms with Crippen molar-refractivity contribution in [2.24, 2.45) is 0 Å². The summed E-state index contributed by atoms with van der Waals surface area (Å²) in [5, 5.41) is 27.2. The van der Waals surface area contributed by atoms with Gasteiger partial charge in [-0.25, -0.2) is 9.97 Å². The molecule has 0 unspecified atom stereocenters. The third-order valence-corrected chi connectivity index (χ3v) is 4.85. The molecule has 31 heavy (non-hydrogen) atoms. The van der Waals surface area contributed by atoms with Crippen LogP contribution in [0.3, 0.4) is 0 Å². The zero-order valence-corrected chi connectivity index (χ0v) is 17.1. The molecule has 0 fully saturated rings. The standard InChI is InChI=1S/C22H23N7O2/c1-31-11-10-20-23-13-17(14-30)21(25-20)24-12-15-6-8-16(9-7-15)18-4-2-3-5-19(18)22-26-28-29-27-22/h2-9,13,30H,10-12,14H2,1H3,(H,23,24,25)(H,26,27,28,29). The first kappa shape index (κ1) is 20.6. The van der Waals surface area contributed by atoms with Crippen LogP contribution in [0.25, 0.3) is 22.5 Å². The molecule has 4 rings (SSSR count). The van der Waals surface area contributed by atoms with Crippen LogP contribution >= 0.6 is 0 Å². The summed E-state index contributed by atoms with van der Waals surface area (Å²) in [6.45, 7) is 0.990. The fourth-order valence-corrected chi connectivity index (χ4v) is 3.22. The van der Waals surface area contributed by atoms with E-state index in [1.54, 1.807) is 13.3 Å². The maximum absolute atomic E-state index is 9.59. The summed E-state index contributed by atoms with van der Waals surface area (Å²) in [7, 11) is 1.64. The van der Waals surface area contributed by atoms with E-state index in [1.165, 1.54) is 0 Å². The lowest BCUT2D eigenvalue weighted by Crippen LogP contribution is -2.09. The van der Waals surface area contributed by atoms with E-state index in [2.05, 4.69) is 60.2 Å². The average Bonchev–Trinajstić information content (AvgIpc) is 3.37. The topological polar surface area (TPSA) is 122 Å². The Bertz CT molecular complexity index is 1120. The molecule has 0 spiro atoms. The third kappa shape index (κ3) is 4.90. The Kier molecular flexibility index (Phi) is 6.56. The lowest BCUT2D eigenvalue weighted by atomic mass is 9.98. The molecule has 0 atom stereocenters. The van der Waals surface area contributed by atoms with Crippen molar-refractivity contribution in [3.8, 4) is 22.5 Å². The monoisotopic (exact) mass is 417 g/mol. The second-order valence-electron chi connectivity index (χ2n) is 6.89. The second kappa shape index (κ2) is 9.88. The zero-order chi connectivity index (χ0) is 21.5. The molecule has 0 aliphatic rings. The summed E-state index contributed by atoms with van der Waals surface area (Å²) >= 11 is 0. The van der Waals surface area contributed by atoms with Gasteiger partial charge >= 0.3 is 0 Å². The van der Waals surface area contributed by atoms with E-state index in [-0.39, 0.29) is 6.61 Å². The van der Waals surface area contributed by atoms with E-state index in [0.717, 1.165) is 22.3 Å². The highest BCUT2D eigenvalue weighted by Crippen LogP contribution is 2.29. The molecular weight excluding hydrogens is 394 g/mol. The van der Waals surface area contributed by atoms with Gasteiger partial charge in [0.1, 0.15) is 11.6 Å². The first-order chi connectivity index (χ1) is 15.3. The van der Waals surface area contributed by atoms with Crippen LogP contribution in [-0.4, -0.2) is 49.4 Å². The molecule has 0 radical (unpaired) electrons. The van der Waals surface area contributed by atoms with E-state index in [4.69, 9.17) is 4.74 Å². The molecule has 0 saturated heterocycles. The molecule has 0 aliphatic carbocycles. The molecule has 4 aromatic rings. The van der Waals surface area contributed by atoms with Gasteiger partial charge in [0.2, 0.25) is 5.82 Å². The van der Waals surface area contributed by atoms with Crippen LogP contribution in [0.4, 0.5) is 5.82 Å². The van der Waals surface area contributed by atoms with Crippen molar-refractivity contribution < 1.29 is 9.84 Å². The van der Waals surface area contributed by atoms with Crippen molar-refractivity contribution in [2.45, 2.75) is 19.6 Å². The molecule has 3 N–H and O–H groups in total. The van der Waals surface area contributed by atoms with Gasteiger partial charge in [0.05, 0.1) is 13.2 Å². The average molecular weight is 417 g/mol. The molecule has 0 amide bonds. The molecule has 9 heteroatoms. The number of nitrogens with one attached hydrogen (secondary N) is 2. The number of aromatic nitrogens is 6. The number of aliphatic hydroxyl groups excluding tert-OH is 1. The number of aromatic amines is 1. The van der Waals surface area contributed by atoms with Gasteiger partial charge in [-0.05, 0) is 21.9 Å². The predicted molar refractivity (Wildman–Crippen MR) is 116 cm³/mol. The van der Waals surface area contributed by atoms with Crippen molar-refractivity contribution in [2.75, 3.05) is 19.0 Å². The SMILES string of the molecule is COCCc1ncc(CO)c(NCc2ccc(-c3ccccc3-c3nn[nH]n3)cc2)n1. The molecule has 158 valence electrons. The molecule has 0 aliphatic heterocycles. The number of benzene rings is 2. The molecule has 2 aromatic heterocycles. The molecule has 0 saturated carbocycles. The number of hydrogen-bond donors (Lipinski definition) is 3. The predicted octanol–water partition coefficient (Wildman–Crippen LogP) is 2.62. The van der Waals surface area contributed by atoms with E-state index in [9.17, 15) is 5.11 Å². The summed E-state index contributed by atoms with van der Waals surface area (Å²) in [6, 6.07) is 16.2. The van der Waals surface area contributed by atoms with Crippen molar-refractivity contribution in [1.29, 1.82) is 0 Å². The summed E-state index contributed by atoms with van der Waals surface area (Å²) < 4.78 is 5.09. The van der Waals surface area contributed by atoms with Crippen molar-refractivity contribution >= 4 is 5.82 Å². The minimum Gasteiger partial charge on any atom is -0.391 e. The summed E-state index contributed by atoms with van der Waals surface area (Å²) in [4.78, 5) is 8.79. The number of aliphatic hydroxyl groups is 1. The van der Waals surface area contributed by atoms with Gasteiger partial charge in [-0.3, -0.25) is 0 Å². The number of methoxy groups -OCH3 is 1. The number of ether oxygens (including phenoxy) is 1. The first-order valence-electron chi connectivity index (χ1n) is 9.89. The number of tetrazole rings is 1. The highest BCUT2D eigenvalue weighted by atomic mass is 16.5. The van der Waals surface area contributed by atoms with Gasteiger partial charge < -0.3 is 15.2 Å². The lowest BCUT2D eigenvalue weighted by molar-refractivity contribution is 0.200. The third-order valence-electron chi connectivity index (χ3n) is 4.85. The minimum atomic E-state index is -0.126. The molecular formula is C22H23N7O2. The van der Waals surface area contributed by atoms with Crippen LogP contribution in [0.15, 0.2) is 54.7 Å². The highest BCUT2D eigenvalue weighted by molar-refractivity contribution is 5.80. The summed E-state index contributed by atoms with van der Waals surface area (Å²) in [5.74, 6) is 1.87. The quantitative estimate of drug-likeness (QED) is 0.380. The number of nitrogens with zero attached hydrogens (tertiary/aromatic N) is 5. The Balaban J connectivity index is 1.49. The van der Waals surface area contributed by atoms with Gasteiger partial charge in [-0.1, -0.05) is 48.5 Å². The van der Waals surface area contributed by atoms with Crippen LogP contribution < -0.4 is 5.32 Å². The highest BCUT2D eigenvalue weighted by Gasteiger charge is 2.11. The Morgan fingerprint density at radius 2 is 1.87 bits per heavy atom. The van der Waals surface area contributed by atoms with E-state index in [1.807, 2.05) is 24.3 Å².